The molecular weight excluding hydrogens is 367 g/mol. The summed E-state index contributed by atoms with van der Waals surface area (Å²) in [5.74, 6) is -0.0446. The van der Waals surface area contributed by atoms with Gasteiger partial charge in [-0.1, -0.05) is 27.7 Å². The summed E-state index contributed by atoms with van der Waals surface area (Å²) in [4.78, 5) is 12.3. The molecule has 0 aromatic heterocycles. The van der Waals surface area contributed by atoms with E-state index in [0.29, 0.717) is 5.56 Å². The van der Waals surface area contributed by atoms with E-state index in [9.17, 15) is 9.90 Å². The van der Waals surface area contributed by atoms with Crippen molar-refractivity contribution in [3.05, 3.63) is 27.3 Å². The number of amides is 1. The van der Waals surface area contributed by atoms with Crippen molar-refractivity contribution in [3.8, 4) is 5.75 Å². The predicted octanol–water partition coefficient (Wildman–Crippen LogP) is 2.49. The van der Waals surface area contributed by atoms with Gasteiger partial charge >= 0.3 is 0 Å². The van der Waals surface area contributed by atoms with Crippen molar-refractivity contribution in [3.63, 3.8) is 0 Å². The zero-order valence-corrected chi connectivity index (χ0v) is 14.4. The average Bonchev–Trinajstić information content (AvgIpc) is 2.37. The Morgan fingerprint density at radius 2 is 1.85 bits per heavy atom. The number of carbonyl (C=O) groups is 1. The summed E-state index contributed by atoms with van der Waals surface area (Å²) in [5, 5.41) is 12.8. The van der Waals surface area contributed by atoms with Crippen LogP contribution in [0.2, 0.25) is 0 Å². The minimum atomic E-state index is -0.172. The molecule has 1 amide bonds. The van der Waals surface area contributed by atoms with E-state index in [1.807, 2.05) is 22.6 Å². The highest BCUT2D eigenvalue weighted by atomic mass is 127. The number of hydrogen-bond acceptors (Lipinski definition) is 3. The van der Waals surface area contributed by atoms with Crippen molar-refractivity contribution in [1.29, 1.82) is 0 Å². The molecule has 0 saturated heterocycles. The molecule has 1 fully saturated rings. The van der Waals surface area contributed by atoms with Crippen LogP contribution in [0.25, 0.3) is 0 Å². The number of phenols is 1. The zero-order chi connectivity index (χ0) is 15.3. The lowest BCUT2D eigenvalue weighted by atomic mass is 9.48. The number of benzene rings is 1. The Kier molecular flexibility index (Phi) is 3.79. The van der Waals surface area contributed by atoms with Crippen molar-refractivity contribution in [2.24, 2.45) is 16.6 Å². The number of carbonyl (C=O) groups excluding carboxylic acids is 1. The van der Waals surface area contributed by atoms with Crippen LogP contribution in [0, 0.1) is 14.4 Å². The highest BCUT2D eigenvalue weighted by molar-refractivity contribution is 14.1. The first-order valence-corrected chi connectivity index (χ1v) is 7.71. The SMILES string of the molecule is CC1(C)C(N)C(C)(C)C1NC(=O)c1ccc(I)c(O)c1. The van der Waals surface area contributed by atoms with E-state index in [-0.39, 0.29) is 34.6 Å². The van der Waals surface area contributed by atoms with Crippen LogP contribution in [0.4, 0.5) is 0 Å². The molecule has 0 unspecified atom stereocenters. The fourth-order valence-electron chi connectivity index (χ4n) is 3.42. The molecule has 1 aromatic carbocycles. The number of phenolic OH excluding ortho intramolecular Hbond substituents is 1. The summed E-state index contributed by atoms with van der Waals surface area (Å²) >= 11 is 2.02. The molecule has 0 aliphatic heterocycles. The smallest absolute Gasteiger partial charge is 0.251 e. The standard InChI is InChI=1S/C15H21IN2O2/c1-14(2)12(17)15(3,4)13(14)18-11(20)8-5-6-9(16)10(19)7-8/h5-7,12-13,19H,17H2,1-4H3,(H,18,20). The lowest BCUT2D eigenvalue weighted by molar-refractivity contribution is -0.0663. The number of nitrogens with one attached hydrogen (secondary N) is 1. The summed E-state index contributed by atoms with van der Waals surface area (Å²) in [6.07, 6.45) is 0. The maximum Gasteiger partial charge on any atom is 0.251 e. The first kappa shape index (κ1) is 15.6. The van der Waals surface area contributed by atoms with E-state index < -0.39 is 0 Å². The predicted molar refractivity (Wildman–Crippen MR) is 87.6 cm³/mol. The van der Waals surface area contributed by atoms with E-state index in [2.05, 4.69) is 33.0 Å². The number of rotatable bonds is 2. The van der Waals surface area contributed by atoms with Crippen LogP contribution < -0.4 is 11.1 Å². The molecular formula is C15H21IN2O2. The van der Waals surface area contributed by atoms with Crippen LogP contribution in [-0.4, -0.2) is 23.1 Å². The first-order chi connectivity index (χ1) is 9.08. The minimum absolute atomic E-state index is 0.0129. The number of nitrogens with two attached hydrogens (primary N) is 1. The van der Waals surface area contributed by atoms with Crippen molar-refractivity contribution in [2.45, 2.75) is 39.8 Å². The quantitative estimate of drug-likeness (QED) is 0.682. The third-order valence-corrected chi connectivity index (χ3v) is 5.49. The molecule has 1 saturated carbocycles. The molecule has 4 N–H and O–H groups in total. The topological polar surface area (TPSA) is 75.3 Å². The summed E-state index contributed by atoms with van der Waals surface area (Å²) in [6, 6.07) is 5.00. The Hall–Kier alpha value is -0.820. The lowest BCUT2D eigenvalue weighted by Crippen LogP contribution is -2.76. The number of aromatic hydroxyl groups is 1. The van der Waals surface area contributed by atoms with Gasteiger partial charge in [0.25, 0.3) is 5.91 Å². The highest BCUT2D eigenvalue weighted by Gasteiger charge is 2.60. The summed E-state index contributed by atoms with van der Waals surface area (Å²) in [5.41, 5.74) is 6.39. The van der Waals surface area contributed by atoms with Crippen LogP contribution >= 0.6 is 22.6 Å². The van der Waals surface area contributed by atoms with Gasteiger partial charge in [0.2, 0.25) is 0 Å². The van der Waals surface area contributed by atoms with E-state index in [0.717, 1.165) is 3.57 Å². The van der Waals surface area contributed by atoms with Crippen LogP contribution in [-0.2, 0) is 0 Å². The average molecular weight is 388 g/mol. The molecule has 2 rings (SSSR count). The third-order valence-electron chi connectivity index (χ3n) is 4.57. The van der Waals surface area contributed by atoms with Gasteiger partial charge in [0, 0.05) is 28.5 Å². The van der Waals surface area contributed by atoms with Gasteiger partial charge in [-0.05, 0) is 40.8 Å². The minimum Gasteiger partial charge on any atom is -0.507 e. The Balaban J connectivity index is 2.18. The maximum absolute atomic E-state index is 12.3. The van der Waals surface area contributed by atoms with Crippen molar-refractivity contribution in [1.82, 2.24) is 5.32 Å². The fourth-order valence-corrected chi connectivity index (χ4v) is 3.76. The second-order valence-electron chi connectivity index (χ2n) is 6.69. The van der Waals surface area contributed by atoms with E-state index >= 15 is 0 Å². The van der Waals surface area contributed by atoms with Gasteiger partial charge < -0.3 is 16.2 Å². The van der Waals surface area contributed by atoms with Gasteiger partial charge in [0.1, 0.15) is 5.75 Å². The molecule has 1 aliphatic rings. The van der Waals surface area contributed by atoms with Crippen molar-refractivity contribution in [2.75, 3.05) is 0 Å². The Bertz CT molecular complexity index is 539. The molecule has 0 heterocycles. The molecule has 0 bridgehead atoms. The zero-order valence-electron chi connectivity index (χ0n) is 12.2. The van der Waals surface area contributed by atoms with Gasteiger partial charge in [-0.25, -0.2) is 0 Å². The highest BCUT2D eigenvalue weighted by Crippen LogP contribution is 2.52. The van der Waals surface area contributed by atoms with E-state index in [4.69, 9.17) is 5.73 Å². The molecule has 0 spiro atoms. The summed E-state index contributed by atoms with van der Waals surface area (Å²) in [6.45, 7) is 8.27. The van der Waals surface area contributed by atoms with E-state index in [1.165, 1.54) is 6.07 Å². The molecule has 5 heteroatoms. The van der Waals surface area contributed by atoms with Crippen LogP contribution in [0.15, 0.2) is 18.2 Å². The van der Waals surface area contributed by atoms with Gasteiger partial charge in [0.05, 0.1) is 3.57 Å². The first-order valence-electron chi connectivity index (χ1n) is 6.63. The van der Waals surface area contributed by atoms with Crippen LogP contribution in [0.3, 0.4) is 0 Å². The van der Waals surface area contributed by atoms with Gasteiger partial charge in [-0.15, -0.1) is 0 Å². The lowest BCUT2D eigenvalue weighted by Gasteiger charge is -2.62. The summed E-state index contributed by atoms with van der Waals surface area (Å²) < 4.78 is 0.727. The third kappa shape index (κ3) is 2.30. The van der Waals surface area contributed by atoms with Gasteiger partial charge in [-0.3, -0.25) is 4.79 Å². The van der Waals surface area contributed by atoms with Crippen LogP contribution in [0.5, 0.6) is 5.75 Å². The van der Waals surface area contributed by atoms with Gasteiger partial charge in [0.15, 0.2) is 0 Å². The molecule has 0 radical (unpaired) electrons. The molecule has 0 atom stereocenters. The van der Waals surface area contributed by atoms with Crippen molar-refractivity contribution >= 4 is 28.5 Å². The molecule has 4 nitrogen and oxygen atoms in total. The molecule has 110 valence electrons. The summed E-state index contributed by atoms with van der Waals surface area (Å²) in [7, 11) is 0. The second kappa shape index (κ2) is 4.87. The molecule has 20 heavy (non-hydrogen) atoms. The Morgan fingerprint density at radius 1 is 1.30 bits per heavy atom. The number of hydrogen-bond donors (Lipinski definition) is 3. The normalized spacial score (nSPS) is 26.7. The van der Waals surface area contributed by atoms with Crippen molar-refractivity contribution < 1.29 is 9.90 Å². The fraction of sp³-hybridized carbons (Fsp3) is 0.533. The second-order valence-corrected chi connectivity index (χ2v) is 7.86. The molecule has 1 aliphatic carbocycles. The van der Waals surface area contributed by atoms with E-state index in [1.54, 1.807) is 12.1 Å². The Labute approximate surface area is 133 Å². The monoisotopic (exact) mass is 388 g/mol. The maximum atomic E-state index is 12.3. The largest absolute Gasteiger partial charge is 0.507 e. The molecule has 1 aromatic rings. The Morgan fingerprint density at radius 3 is 2.35 bits per heavy atom. The van der Waals surface area contributed by atoms with Gasteiger partial charge in [-0.2, -0.15) is 0 Å². The van der Waals surface area contributed by atoms with Crippen LogP contribution in [0.1, 0.15) is 38.1 Å². The number of halogens is 1.